The number of carbonyl (C=O) groups excluding carboxylic acids is 1. The number of amides is 1. The predicted molar refractivity (Wildman–Crippen MR) is 90.7 cm³/mol. The van der Waals surface area contributed by atoms with E-state index in [1.807, 2.05) is 6.92 Å². The molecule has 1 heterocycles. The third kappa shape index (κ3) is 4.10. The van der Waals surface area contributed by atoms with Crippen molar-refractivity contribution in [2.75, 3.05) is 0 Å². The second-order valence-electron chi connectivity index (χ2n) is 6.37. The Hall–Kier alpha value is -2.43. The highest BCUT2D eigenvalue weighted by atomic mass is 19.1. The first kappa shape index (κ1) is 16.4. The Balaban J connectivity index is 1.70. The number of nitrogens with one attached hydrogen (secondary N) is 2. The fraction of sp³-hybridized carbons (Fsp3) is 0.368. The number of H-pyrrole nitrogens is 1. The van der Waals surface area contributed by atoms with Gasteiger partial charge in [0.05, 0.1) is 0 Å². The summed E-state index contributed by atoms with van der Waals surface area (Å²) in [7, 11) is 0. The molecule has 5 heteroatoms. The van der Waals surface area contributed by atoms with Gasteiger partial charge in [-0.25, -0.2) is 4.39 Å². The van der Waals surface area contributed by atoms with Crippen molar-refractivity contribution in [3.63, 3.8) is 0 Å². The van der Waals surface area contributed by atoms with Crippen LogP contribution in [0.25, 0.3) is 0 Å². The second kappa shape index (κ2) is 6.99. The highest BCUT2D eigenvalue weighted by molar-refractivity contribution is 5.94. The molecule has 0 bridgehead atoms. The Labute approximate surface area is 140 Å². The highest BCUT2D eigenvalue weighted by Gasteiger charge is 2.25. The quantitative estimate of drug-likeness (QED) is 0.856. The van der Waals surface area contributed by atoms with Crippen molar-refractivity contribution in [3.8, 4) is 0 Å². The molecule has 1 atom stereocenters. The Morgan fingerprint density at radius 3 is 2.62 bits per heavy atom. The van der Waals surface area contributed by atoms with Crippen molar-refractivity contribution in [1.82, 2.24) is 10.3 Å². The van der Waals surface area contributed by atoms with E-state index >= 15 is 0 Å². The molecular weight excluding hydrogens is 307 g/mol. The Kier molecular flexibility index (Phi) is 4.79. The van der Waals surface area contributed by atoms with Gasteiger partial charge in [-0.15, -0.1) is 0 Å². The summed E-state index contributed by atoms with van der Waals surface area (Å²) in [6.07, 6.45) is 3.50. The third-order valence-electron chi connectivity index (χ3n) is 4.37. The second-order valence-corrected chi connectivity index (χ2v) is 6.37. The molecule has 24 heavy (non-hydrogen) atoms. The number of aromatic nitrogens is 1. The normalized spacial score (nSPS) is 15.1. The largest absolute Gasteiger partial charge is 0.349 e. The van der Waals surface area contributed by atoms with Gasteiger partial charge < -0.3 is 10.3 Å². The highest BCUT2D eigenvalue weighted by Crippen LogP contribution is 2.38. The van der Waals surface area contributed by atoms with Gasteiger partial charge in [0.1, 0.15) is 5.82 Å². The first-order valence-corrected chi connectivity index (χ1v) is 8.34. The monoisotopic (exact) mass is 328 g/mol. The topological polar surface area (TPSA) is 62.0 Å². The van der Waals surface area contributed by atoms with Crippen LogP contribution in [0.4, 0.5) is 4.39 Å². The number of hydrogen-bond acceptors (Lipinski definition) is 2. The zero-order valence-electron chi connectivity index (χ0n) is 13.6. The molecule has 0 saturated heterocycles. The maximum atomic E-state index is 13.0. The summed E-state index contributed by atoms with van der Waals surface area (Å²) in [6.45, 7) is 1.99. The minimum Gasteiger partial charge on any atom is -0.349 e. The van der Waals surface area contributed by atoms with Gasteiger partial charge in [0.15, 0.2) is 0 Å². The molecule has 1 aromatic carbocycles. The first-order chi connectivity index (χ1) is 11.5. The average molecular weight is 328 g/mol. The van der Waals surface area contributed by atoms with E-state index in [1.54, 1.807) is 18.2 Å². The van der Waals surface area contributed by atoms with Crippen molar-refractivity contribution < 1.29 is 9.18 Å². The Morgan fingerprint density at radius 1 is 1.29 bits per heavy atom. The van der Waals surface area contributed by atoms with Crippen LogP contribution in [0.2, 0.25) is 0 Å². The van der Waals surface area contributed by atoms with Crippen LogP contribution in [-0.4, -0.2) is 16.9 Å². The molecule has 0 aliphatic heterocycles. The summed E-state index contributed by atoms with van der Waals surface area (Å²) in [6, 6.07) is 9.34. The van der Waals surface area contributed by atoms with E-state index in [-0.39, 0.29) is 23.3 Å². The van der Waals surface area contributed by atoms with Gasteiger partial charge in [-0.3, -0.25) is 9.59 Å². The molecule has 2 aromatic rings. The molecule has 2 N–H and O–H groups in total. The summed E-state index contributed by atoms with van der Waals surface area (Å²) < 4.78 is 13.0. The fourth-order valence-electron chi connectivity index (χ4n) is 2.78. The molecule has 0 spiro atoms. The van der Waals surface area contributed by atoms with E-state index in [1.165, 1.54) is 18.2 Å². The summed E-state index contributed by atoms with van der Waals surface area (Å²) in [5.74, 6) is -0.129. The van der Waals surface area contributed by atoms with Crippen LogP contribution >= 0.6 is 0 Å². The zero-order chi connectivity index (χ0) is 17.1. The molecule has 1 aliphatic carbocycles. The lowest BCUT2D eigenvalue weighted by molar-refractivity contribution is 0.0935. The number of carbonyl (C=O) groups is 1. The minimum absolute atomic E-state index is 0.0633. The average Bonchev–Trinajstić information content (AvgIpc) is 3.40. The molecule has 1 saturated carbocycles. The van der Waals surface area contributed by atoms with Crippen LogP contribution in [-0.2, 0) is 6.42 Å². The summed E-state index contributed by atoms with van der Waals surface area (Å²) >= 11 is 0. The van der Waals surface area contributed by atoms with Crippen molar-refractivity contribution in [2.24, 2.45) is 0 Å². The van der Waals surface area contributed by atoms with Gasteiger partial charge in [0.2, 0.25) is 5.56 Å². The van der Waals surface area contributed by atoms with Gasteiger partial charge in [0, 0.05) is 23.4 Å². The van der Waals surface area contributed by atoms with Crippen LogP contribution in [0.5, 0.6) is 0 Å². The number of benzene rings is 1. The molecule has 1 unspecified atom stereocenters. The van der Waals surface area contributed by atoms with Crippen molar-refractivity contribution in [2.45, 2.75) is 44.6 Å². The molecule has 3 rings (SSSR count). The molecule has 4 nitrogen and oxygen atoms in total. The van der Waals surface area contributed by atoms with Gasteiger partial charge in [-0.05, 0) is 55.4 Å². The van der Waals surface area contributed by atoms with Gasteiger partial charge in [-0.1, -0.05) is 19.1 Å². The van der Waals surface area contributed by atoms with Crippen LogP contribution in [0.3, 0.4) is 0 Å². The third-order valence-corrected chi connectivity index (χ3v) is 4.37. The van der Waals surface area contributed by atoms with Crippen LogP contribution in [0.1, 0.15) is 53.7 Å². The van der Waals surface area contributed by atoms with Crippen LogP contribution in [0, 0.1) is 5.82 Å². The molecule has 0 radical (unpaired) electrons. The van der Waals surface area contributed by atoms with E-state index < -0.39 is 0 Å². The lowest BCUT2D eigenvalue weighted by Gasteiger charge is -2.17. The van der Waals surface area contributed by atoms with E-state index in [9.17, 15) is 14.0 Å². The maximum Gasteiger partial charge on any atom is 0.251 e. The Bertz CT molecular complexity index is 779. The first-order valence-electron chi connectivity index (χ1n) is 8.34. The number of hydrogen-bond donors (Lipinski definition) is 2. The minimum atomic E-state index is -0.271. The summed E-state index contributed by atoms with van der Waals surface area (Å²) in [5, 5.41) is 2.97. The Morgan fingerprint density at radius 2 is 2.00 bits per heavy atom. The molecule has 1 amide bonds. The predicted octanol–water partition coefficient (Wildman–Crippen LogP) is 3.14. The standard InChI is InChI=1S/C19H21FN2O2/c1-2-16(9-12-3-7-15(20)8-4-12)21-19(24)14-10-17(13-5-6-13)22-18(23)11-14/h3-4,7-8,10-11,13,16H,2,5-6,9H2,1H3,(H,21,24)(H,22,23). The van der Waals surface area contributed by atoms with E-state index in [0.717, 1.165) is 30.5 Å². The zero-order valence-corrected chi connectivity index (χ0v) is 13.6. The lowest BCUT2D eigenvalue weighted by Crippen LogP contribution is -2.36. The van der Waals surface area contributed by atoms with Crippen LogP contribution in [0.15, 0.2) is 41.2 Å². The fourth-order valence-corrected chi connectivity index (χ4v) is 2.78. The molecule has 1 aromatic heterocycles. The maximum absolute atomic E-state index is 13.0. The molecule has 1 aliphatic rings. The smallest absolute Gasteiger partial charge is 0.251 e. The molecule has 126 valence electrons. The van der Waals surface area contributed by atoms with Crippen molar-refractivity contribution in [1.29, 1.82) is 0 Å². The summed E-state index contributed by atoms with van der Waals surface area (Å²) in [4.78, 5) is 27.0. The van der Waals surface area contributed by atoms with Crippen LogP contribution < -0.4 is 10.9 Å². The molecular formula is C19H21FN2O2. The van der Waals surface area contributed by atoms with Gasteiger partial charge in [-0.2, -0.15) is 0 Å². The number of aromatic amines is 1. The van der Waals surface area contributed by atoms with E-state index in [4.69, 9.17) is 0 Å². The summed E-state index contributed by atoms with van der Waals surface area (Å²) in [5.41, 5.74) is 1.97. The van der Waals surface area contributed by atoms with Gasteiger partial charge in [0.25, 0.3) is 5.91 Å². The number of pyridine rings is 1. The molecule has 1 fully saturated rings. The van der Waals surface area contributed by atoms with E-state index in [2.05, 4.69) is 10.3 Å². The number of rotatable bonds is 6. The van der Waals surface area contributed by atoms with Crippen molar-refractivity contribution in [3.05, 3.63) is 69.4 Å². The van der Waals surface area contributed by atoms with Crippen molar-refractivity contribution >= 4 is 5.91 Å². The number of halogens is 1. The van der Waals surface area contributed by atoms with Gasteiger partial charge >= 0.3 is 0 Å². The lowest BCUT2D eigenvalue weighted by atomic mass is 10.0. The SMILES string of the molecule is CCC(Cc1ccc(F)cc1)NC(=O)c1cc(C2CC2)[nH]c(=O)c1. The van der Waals surface area contributed by atoms with E-state index in [0.29, 0.717) is 17.9 Å².